The predicted molar refractivity (Wildman–Crippen MR) is 110 cm³/mol. The van der Waals surface area contributed by atoms with E-state index >= 15 is 0 Å². The lowest BCUT2D eigenvalue weighted by molar-refractivity contribution is 0.572. The van der Waals surface area contributed by atoms with Crippen molar-refractivity contribution in [3.8, 4) is 28.7 Å². The quantitative estimate of drug-likeness (QED) is 0.362. The third kappa shape index (κ3) is 3.85. The Morgan fingerprint density at radius 1 is 1.00 bits per heavy atom. The molecule has 2 aromatic carbocycles. The zero-order valence-corrected chi connectivity index (χ0v) is 15.7. The maximum atomic E-state index is 9.57. The maximum absolute atomic E-state index is 9.57. The Morgan fingerprint density at radius 2 is 1.78 bits per heavy atom. The van der Waals surface area contributed by atoms with Crippen LogP contribution in [-0.4, -0.2) is 4.98 Å². The number of thiazole rings is 1. The van der Waals surface area contributed by atoms with Gasteiger partial charge in [0.2, 0.25) is 0 Å². The fraction of sp³-hybridized carbons (Fsp3) is 0. The number of nitriles is 1. The summed E-state index contributed by atoms with van der Waals surface area (Å²) in [4.78, 5) is 4.59. The van der Waals surface area contributed by atoms with Gasteiger partial charge in [-0.1, -0.05) is 41.9 Å². The molecule has 0 aliphatic carbocycles. The van der Waals surface area contributed by atoms with Gasteiger partial charge in [-0.3, -0.25) is 0 Å². The first-order chi connectivity index (χ1) is 13.2. The molecule has 0 fully saturated rings. The van der Waals surface area contributed by atoms with E-state index in [1.807, 2.05) is 72.1 Å². The summed E-state index contributed by atoms with van der Waals surface area (Å²) in [5.74, 6) is 1.33. The molecule has 2 aromatic heterocycles. The van der Waals surface area contributed by atoms with Gasteiger partial charge in [0, 0.05) is 27.6 Å². The lowest BCUT2D eigenvalue weighted by atomic mass is 10.2. The zero-order valence-electron chi connectivity index (χ0n) is 14.1. The van der Waals surface area contributed by atoms with Gasteiger partial charge in [-0.2, -0.15) is 5.26 Å². The Balaban J connectivity index is 1.62. The number of hydrogen-bond acceptors (Lipinski definition) is 4. The molecule has 0 N–H and O–H groups in total. The summed E-state index contributed by atoms with van der Waals surface area (Å²) in [6.45, 7) is 0. The van der Waals surface area contributed by atoms with Crippen LogP contribution in [0.3, 0.4) is 0 Å². The summed E-state index contributed by atoms with van der Waals surface area (Å²) in [7, 11) is 0. The number of aromatic nitrogens is 1. The number of hydrogen-bond donors (Lipinski definition) is 0. The van der Waals surface area contributed by atoms with Gasteiger partial charge >= 0.3 is 0 Å². The van der Waals surface area contributed by atoms with Crippen molar-refractivity contribution in [1.29, 1.82) is 5.26 Å². The Hall–Kier alpha value is -3.13. The summed E-state index contributed by atoms with van der Waals surface area (Å²) in [6.07, 6.45) is 1.72. The second-order valence-corrected chi connectivity index (χ2v) is 7.08. The Morgan fingerprint density at radius 3 is 2.52 bits per heavy atom. The standard InChI is InChI=1S/C22H13ClN2OS/c23-18-8-6-16(7-9-18)21-11-10-19(26-21)12-17(13-24)22-25-20(14-27-22)15-4-2-1-3-5-15/h1-12,14H/b17-12+. The molecule has 4 rings (SSSR count). The van der Waals surface area contributed by atoms with Crippen molar-refractivity contribution in [3.05, 3.63) is 87.9 Å². The van der Waals surface area contributed by atoms with E-state index < -0.39 is 0 Å². The van der Waals surface area contributed by atoms with Crippen molar-refractivity contribution >= 4 is 34.6 Å². The first kappa shape index (κ1) is 17.3. The summed E-state index contributed by atoms with van der Waals surface area (Å²) in [5.41, 5.74) is 3.29. The van der Waals surface area contributed by atoms with E-state index in [2.05, 4.69) is 11.1 Å². The fourth-order valence-corrected chi connectivity index (χ4v) is 3.54. The summed E-state index contributed by atoms with van der Waals surface area (Å²) in [5, 5.41) is 12.9. The van der Waals surface area contributed by atoms with Crippen LogP contribution in [0.25, 0.3) is 34.2 Å². The summed E-state index contributed by atoms with van der Waals surface area (Å²) in [6, 6.07) is 23.3. The van der Waals surface area contributed by atoms with Gasteiger partial charge in [0.1, 0.15) is 22.6 Å². The maximum Gasteiger partial charge on any atom is 0.134 e. The van der Waals surface area contributed by atoms with Gasteiger partial charge in [0.15, 0.2) is 0 Å². The van der Waals surface area contributed by atoms with Crippen molar-refractivity contribution in [2.75, 3.05) is 0 Å². The SMILES string of the molecule is N#C/C(=C\c1ccc(-c2ccc(Cl)cc2)o1)c1nc(-c2ccccc2)cs1. The zero-order chi connectivity index (χ0) is 18.6. The van der Waals surface area contributed by atoms with Crippen molar-refractivity contribution < 1.29 is 4.42 Å². The van der Waals surface area contributed by atoms with E-state index in [9.17, 15) is 5.26 Å². The highest BCUT2D eigenvalue weighted by Gasteiger charge is 2.11. The van der Waals surface area contributed by atoms with Gasteiger partial charge in [-0.15, -0.1) is 11.3 Å². The fourth-order valence-electron chi connectivity index (χ4n) is 2.62. The molecule has 2 heterocycles. The lowest BCUT2D eigenvalue weighted by Gasteiger charge is -1.97. The van der Waals surface area contributed by atoms with Crippen LogP contribution >= 0.6 is 22.9 Å². The molecule has 0 aliphatic rings. The van der Waals surface area contributed by atoms with Crippen LogP contribution in [0.2, 0.25) is 5.02 Å². The van der Waals surface area contributed by atoms with Gasteiger partial charge in [-0.05, 0) is 36.4 Å². The second-order valence-electron chi connectivity index (χ2n) is 5.78. The molecular formula is C22H13ClN2OS. The van der Waals surface area contributed by atoms with Crippen LogP contribution in [0.15, 0.2) is 76.5 Å². The normalized spacial score (nSPS) is 11.3. The minimum atomic E-state index is 0.471. The Labute approximate surface area is 165 Å². The number of nitrogens with zero attached hydrogens (tertiary/aromatic N) is 2. The van der Waals surface area contributed by atoms with Crippen molar-refractivity contribution in [1.82, 2.24) is 4.98 Å². The molecule has 0 amide bonds. The van der Waals surface area contributed by atoms with E-state index in [1.165, 1.54) is 11.3 Å². The molecule has 0 spiro atoms. The largest absolute Gasteiger partial charge is 0.457 e. The molecular weight excluding hydrogens is 376 g/mol. The van der Waals surface area contributed by atoms with E-state index in [1.54, 1.807) is 6.08 Å². The number of halogens is 1. The third-order valence-corrected chi connectivity index (χ3v) is 5.09. The number of benzene rings is 2. The molecule has 130 valence electrons. The van der Waals surface area contributed by atoms with Crippen molar-refractivity contribution in [2.24, 2.45) is 0 Å². The topological polar surface area (TPSA) is 49.8 Å². The van der Waals surface area contributed by atoms with Gasteiger partial charge < -0.3 is 4.42 Å². The highest BCUT2D eigenvalue weighted by Crippen LogP contribution is 2.29. The molecule has 0 aliphatic heterocycles. The number of allylic oxidation sites excluding steroid dienone is 1. The molecule has 3 nitrogen and oxygen atoms in total. The molecule has 0 saturated heterocycles. The minimum absolute atomic E-state index is 0.471. The van der Waals surface area contributed by atoms with Crippen LogP contribution in [-0.2, 0) is 0 Å². The van der Waals surface area contributed by atoms with Crippen LogP contribution in [0, 0.1) is 11.3 Å². The highest BCUT2D eigenvalue weighted by atomic mass is 35.5. The molecule has 0 unspecified atom stereocenters. The van der Waals surface area contributed by atoms with Gasteiger partial charge in [0.25, 0.3) is 0 Å². The van der Waals surface area contributed by atoms with E-state index in [0.29, 0.717) is 21.4 Å². The van der Waals surface area contributed by atoms with Gasteiger partial charge in [0.05, 0.1) is 11.3 Å². The first-order valence-corrected chi connectivity index (χ1v) is 9.47. The lowest BCUT2D eigenvalue weighted by Crippen LogP contribution is -1.82. The predicted octanol–water partition coefficient (Wildman–Crippen LogP) is 6.79. The first-order valence-electron chi connectivity index (χ1n) is 8.22. The third-order valence-electron chi connectivity index (χ3n) is 3.97. The van der Waals surface area contributed by atoms with Gasteiger partial charge in [-0.25, -0.2) is 4.98 Å². The minimum Gasteiger partial charge on any atom is -0.457 e. The summed E-state index contributed by atoms with van der Waals surface area (Å²) < 4.78 is 5.86. The molecule has 5 heteroatoms. The van der Waals surface area contributed by atoms with Crippen molar-refractivity contribution in [2.45, 2.75) is 0 Å². The Bertz CT molecular complexity index is 1140. The molecule has 4 aromatic rings. The number of rotatable bonds is 4. The number of furan rings is 1. The highest BCUT2D eigenvalue weighted by molar-refractivity contribution is 7.11. The molecule has 27 heavy (non-hydrogen) atoms. The van der Waals surface area contributed by atoms with Crippen LogP contribution < -0.4 is 0 Å². The monoisotopic (exact) mass is 388 g/mol. The molecule has 0 atom stereocenters. The molecule has 0 saturated carbocycles. The van der Waals surface area contributed by atoms with E-state index in [4.69, 9.17) is 16.0 Å². The van der Waals surface area contributed by atoms with E-state index in [0.717, 1.165) is 22.6 Å². The average molecular weight is 389 g/mol. The van der Waals surface area contributed by atoms with Crippen LogP contribution in [0.5, 0.6) is 0 Å². The van der Waals surface area contributed by atoms with Crippen molar-refractivity contribution in [3.63, 3.8) is 0 Å². The Kier molecular flexibility index (Phi) is 4.88. The summed E-state index contributed by atoms with van der Waals surface area (Å²) >= 11 is 7.37. The molecule has 0 radical (unpaired) electrons. The second kappa shape index (κ2) is 7.63. The smallest absolute Gasteiger partial charge is 0.134 e. The molecule has 0 bridgehead atoms. The van der Waals surface area contributed by atoms with Crippen LogP contribution in [0.1, 0.15) is 10.8 Å². The van der Waals surface area contributed by atoms with Crippen LogP contribution in [0.4, 0.5) is 0 Å². The average Bonchev–Trinajstić information content (AvgIpc) is 3.37. The van der Waals surface area contributed by atoms with E-state index in [-0.39, 0.29) is 0 Å².